The average Bonchev–Trinajstić information content (AvgIpc) is 2.84. The average molecular weight is 372 g/mol. The Bertz CT molecular complexity index is 718. The molecule has 9 heteroatoms. The Morgan fingerprint density at radius 1 is 1.33 bits per heavy atom. The topological polar surface area (TPSA) is 90.9 Å². The van der Waals surface area contributed by atoms with Crippen molar-refractivity contribution in [1.82, 2.24) is 5.32 Å². The molecule has 0 radical (unpaired) electrons. The van der Waals surface area contributed by atoms with Crippen molar-refractivity contribution < 1.29 is 28.6 Å². The zero-order valence-electron chi connectivity index (χ0n) is 12.9. The number of rotatable bonds is 6. The van der Waals surface area contributed by atoms with Crippen LogP contribution >= 0.6 is 23.4 Å². The molecule has 0 saturated carbocycles. The normalized spacial score (nSPS) is 15.4. The Hall–Kier alpha value is -2.19. The second-order valence-corrected chi connectivity index (χ2v) is 5.90. The van der Waals surface area contributed by atoms with Gasteiger partial charge in [-0.3, -0.25) is 14.9 Å². The van der Waals surface area contributed by atoms with Crippen molar-refractivity contribution in [2.45, 2.75) is 6.92 Å². The molecule has 7 nitrogen and oxygen atoms in total. The van der Waals surface area contributed by atoms with E-state index in [-0.39, 0.29) is 22.3 Å². The van der Waals surface area contributed by atoms with Gasteiger partial charge in [-0.25, -0.2) is 4.79 Å². The highest BCUT2D eigenvalue weighted by molar-refractivity contribution is 8.18. The van der Waals surface area contributed by atoms with Crippen LogP contribution in [0.25, 0.3) is 6.08 Å². The zero-order chi connectivity index (χ0) is 17.7. The van der Waals surface area contributed by atoms with Gasteiger partial charge >= 0.3 is 5.97 Å². The molecule has 24 heavy (non-hydrogen) atoms. The van der Waals surface area contributed by atoms with Crippen LogP contribution < -0.4 is 14.8 Å². The minimum atomic E-state index is -0.558. The summed E-state index contributed by atoms with van der Waals surface area (Å²) in [7, 11) is 1.25. The molecule has 1 saturated heterocycles. The fraction of sp³-hybridized carbons (Fsp3) is 0.267. The number of carbonyl (C=O) groups excluding carboxylic acids is 3. The lowest BCUT2D eigenvalue weighted by molar-refractivity contribution is -0.142. The molecule has 0 unspecified atom stereocenters. The van der Waals surface area contributed by atoms with E-state index in [1.165, 1.54) is 13.2 Å². The number of hydrogen-bond donors (Lipinski definition) is 1. The Morgan fingerprint density at radius 3 is 2.67 bits per heavy atom. The number of amides is 2. The predicted molar refractivity (Wildman–Crippen MR) is 89.2 cm³/mol. The number of benzene rings is 1. The van der Waals surface area contributed by atoms with Gasteiger partial charge in [-0.2, -0.15) is 0 Å². The second kappa shape index (κ2) is 8.07. The first-order valence-corrected chi connectivity index (χ1v) is 8.04. The van der Waals surface area contributed by atoms with Crippen molar-refractivity contribution in [3.05, 3.63) is 27.6 Å². The van der Waals surface area contributed by atoms with Gasteiger partial charge in [0.25, 0.3) is 11.1 Å². The summed E-state index contributed by atoms with van der Waals surface area (Å²) in [6, 6.07) is 3.14. The van der Waals surface area contributed by atoms with E-state index < -0.39 is 17.1 Å². The summed E-state index contributed by atoms with van der Waals surface area (Å²) in [6.45, 7) is 1.81. The molecule has 2 rings (SSSR count). The largest absolute Gasteiger partial charge is 0.490 e. The van der Waals surface area contributed by atoms with E-state index in [0.717, 1.165) is 11.8 Å². The number of nitrogens with one attached hydrogen (secondary N) is 1. The first-order chi connectivity index (χ1) is 11.4. The highest BCUT2D eigenvalue weighted by Gasteiger charge is 2.25. The molecule has 128 valence electrons. The van der Waals surface area contributed by atoms with Crippen LogP contribution in [0, 0.1) is 0 Å². The molecule has 0 bridgehead atoms. The van der Waals surface area contributed by atoms with Crippen LogP contribution in [0.15, 0.2) is 17.0 Å². The van der Waals surface area contributed by atoms with Gasteiger partial charge in [-0.15, -0.1) is 0 Å². The van der Waals surface area contributed by atoms with Gasteiger partial charge in [0.2, 0.25) is 0 Å². The van der Waals surface area contributed by atoms with Crippen molar-refractivity contribution in [1.29, 1.82) is 0 Å². The number of esters is 1. The maximum Gasteiger partial charge on any atom is 0.343 e. The van der Waals surface area contributed by atoms with E-state index in [9.17, 15) is 14.4 Å². The van der Waals surface area contributed by atoms with Gasteiger partial charge in [0.05, 0.1) is 23.6 Å². The molecular formula is C15H14ClNO6S. The van der Waals surface area contributed by atoms with Crippen LogP contribution in [0.2, 0.25) is 5.02 Å². The third-order valence-corrected chi connectivity index (χ3v) is 3.92. The highest BCUT2D eigenvalue weighted by Crippen LogP contribution is 2.38. The van der Waals surface area contributed by atoms with Crippen LogP contribution in [0.5, 0.6) is 11.5 Å². The SMILES string of the molecule is CCOc1cc(C=C2SC(=O)NC2=O)cc(Cl)c1OCC(=O)OC. The Labute approximate surface area is 147 Å². The van der Waals surface area contributed by atoms with Gasteiger partial charge in [0, 0.05) is 0 Å². The molecular weight excluding hydrogens is 358 g/mol. The van der Waals surface area contributed by atoms with E-state index in [1.54, 1.807) is 19.1 Å². The lowest BCUT2D eigenvalue weighted by atomic mass is 10.2. The first kappa shape index (κ1) is 18.2. The van der Waals surface area contributed by atoms with E-state index in [4.69, 9.17) is 21.1 Å². The Morgan fingerprint density at radius 2 is 2.08 bits per heavy atom. The molecule has 1 aliphatic rings. The predicted octanol–water partition coefficient (Wildman–Crippen LogP) is 2.61. The van der Waals surface area contributed by atoms with E-state index in [2.05, 4.69) is 10.1 Å². The maximum atomic E-state index is 11.6. The molecule has 1 aromatic rings. The minimum absolute atomic E-state index is 0.200. The summed E-state index contributed by atoms with van der Waals surface area (Å²) in [5.74, 6) is -0.511. The van der Waals surface area contributed by atoms with Crippen LogP contribution in [0.4, 0.5) is 4.79 Å². The number of imide groups is 1. The second-order valence-electron chi connectivity index (χ2n) is 4.48. The summed E-state index contributed by atoms with van der Waals surface area (Å²) in [5, 5.41) is 1.94. The van der Waals surface area contributed by atoms with Crippen LogP contribution in [-0.4, -0.2) is 37.4 Å². The van der Waals surface area contributed by atoms with Gasteiger partial charge < -0.3 is 14.2 Å². The van der Waals surface area contributed by atoms with Gasteiger partial charge in [0.1, 0.15) is 0 Å². The Balaban J connectivity index is 2.32. The number of thioether (sulfide) groups is 1. The van der Waals surface area contributed by atoms with E-state index >= 15 is 0 Å². The first-order valence-electron chi connectivity index (χ1n) is 6.85. The van der Waals surface area contributed by atoms with Crippen molar-refractivity contribution in [2.75, 3.05) is 20.3 Å². The van der Waals surface area contributed by atoms with Crippen LogP contribution in [0.1, 0.15) is 12.5 Å². The molecule has 1 heterocycles. The van der Waals surface area contributed by atoms with Crippen molar-refractivity contribution in [3.8, 4) is 11.5 Å². The molecule has 1 aromatic carbocycles. The molecule has 0 aromatic heterocycles. The molecule has 0 aliphatic carbocycles. The van der Waals surface area contributed by atoms with Gasteiger partial charge in [-0.05, 0) is 42.5 Å². The standard InChI is InChI=1S/C15H14ClNO6S/c1-3-22-10-5-8(6-11-14(19)17-15(20)24-11)4-9(16)13(10)23-7-12(18)21-2/h4-6H,3,7H2,1-2H3,(H,17,19,20). The minimum Gasteiger partial charge on any atom is -0.490 e. The molecule has 1 fully saturated rings. The fourth-order valence-corrected chi connectivity index (χ4v) is 2.79. The summed E-state index contributed by atoms with van der Waals surface area (Å²) in [6.07, 6.45) is 1.52. The van der Waals surface area contributed by atoms with Crippen LogP contribution in [0.3, 0.4) is 0 Å². The maximum absolute atomic E-state index is 11.6. The highest BCUT2D eigenvalue weighted by atomic mass is 35.5. The molecule has 1 N–H and O–H groups in total. The van der Waals surface area contributed by atoms with Gasteiger partial charge in [-0.1, -0.05) is 11.6 Å². The van der Waals surface area contributed by atoms with E-state index in [1.807, 2.05) is 0 Å². The third-order valence-electron chi connectivity index (χ3n) is 2.83. The van der Waals surface area contributed by atoms with Crippen molar-refractivity contribution in [2.24, 2.45) is 0 Å². The van der Waals surface area contributed by atoms with Crippen LogP contribution in [-0.2, 0) is 14.3 Å². The van der Waals surface area contributed by atoms with E-state index in [0.29, 0.717) is 17.9 Å². The molecule has 2 amide bonds. The summed E-state index contributed by atoms with van der Waals surface area (Å²) >= 11 is 6.99. The Kier molecular flexibility index (Phi) is 6.10. The lowest BCUT2D eigenvalue weighted by Gasteiger charge is -2.14. The monoisotopic (exact) mass is 371 g/mol. The lowest BCUT2D eigenvalue weighted by Crippen LogP contribution is -2.17. The smallest absolute Gasteiger partial charge is 0.343 e. The van der Waals surface area contributed by atoms with Gasteiger partial charge in [0.15, 0.2) is 18.1 Å². The fourth-order valence-electron chi connectivity index (χ4n) is 1.84. The molecule has 0 spiro atoms. The molecule has 1 aliphatic heterocycles. The molecule has 0 atom stereocenters. The number of halogens is 1. The zero-order valence-corrected chi connectivity index (χ0v) is 14.5. The quantitative estimate of drug-likeness (QED) is 0.607. The van der Waals surface area contributed by atoms with Crippen molar-refractivity contribution in [3.63, 3.8) is 0 Å². The third kappa shape index (κ3) is 4.42. The summed E-state index contributed by atoms with van der Waals surface area (Å²) < 4.78 is 15.3. The number of methoxy groups -OCH3 is 1. The summed E-state index contributed by atoms with van der Waals surface area (Å²) in [4.78, 5) is 34.3. The number of hydrogen-bond acceptors (Lipinski definition) is 7. The number of carbonyl (C=O) groups is 3. The summed E-state index contributed by atoms with van der Waals surface area (Å²) in [5.41, 5.74) is 0.557. The van der Waals surface area contributed by atoms with Crippen molar-refractivity contribution >= 4 is 46.6 Å². The number of ether oxygens (including phenoxy) is 3.